The van der Waals surface area contributed by atoms with Gasteiger partial charge in [0.15, 0.2) is 0 Å². The zero-order chi connectivity index (χ0) is 10.9. The largest absolute Gasteiger partial charge is 0.352 e. The van der Waals surface area contributed by atoms with E-state index in [9.17, 15) is 8.42 Å². The third-order valence-electron chi connectivity index (χ3n) is 2.23. The Labute approximate surface area is 88.7 Å². The van der Waals surface area contributed by atoms with Gasteiger partial charge in [-0.3, -0.25) is 0 Å². The molecular weight excluding hydrogens is 210 g/mol. The van der Waals surface area contributed by atoms with Gasteiger partial charge in [-0.1, -0.05) is 18.2 Å². The molecule has 2 aromatic rings. The van der Waals surface area contributed by atoms with E-state index in [1.807, 2.05) is 0 Å². The summed E-state index contributed by atoms with van der Waals surface area (Å²) in [7, 11) is -3.38. The van der Waals surface area contributed by atoms with E-state index in [1.165, 1.54) is 0 Å². The lowest BCUT2D eigenvalue weighted by Gasteiger charge is -2.02. The van der Waals surface area contributed by atoms with Gasteiger partial charge < -0.3 is 4.98 Å². The monoisotopic (exact) mass is 221 g/mol. The molecule has 0 aliphatic rings. The molecule has 0 bridgehead atoms. The number of aromatic nitrogens is 1. The molecule has 0 saturated heterocycles. The van der Waals surface area contributed by atoms with Gasteiger partial charge in [0.25, 0.3) is 0 Å². The van der Waals surface area contributed by atoms with Gasteiger partial charge in [-0.05, 0) is 30.7 Å². The van der Waals surface area contributed by atoms with E-state index in [4.69, 9.17) is 0 Å². The lowest BCUT2D eigenvalue weighted by atomic mass is 10.4. The summed E-state index contributed by atoms with van der Waals surface area (Å²) in [5.74, 6) is 0. The Morgan fingerprint density at radius 3 is 2.27 bits per heavy atom. The van der Waals surface area contributed by atoms with Crippen LogP contribution < -0.4 is 0 Å². The molecule has 0 radical (unpaired) electrons. The summed E-state index contributed by atoms with van der Waals surface area (Å²) < 4.78 is 24.2. The van der Waals surface area contributed by atoms with Crippen molar-refractivity contribution in [3.8, 4) is 0 Å². The quantitative estimate of drug-likeness (QED) is 0.844. The van der Waals surface area contributed by atoms with Crippen LogP contribution in [0.3, 0.4) is 0 Å². The summed E-state index contributed by atoms with van der Waals surface area (Å²) in [6.07, 6.45) is 1.63. The van der Waals surface area contributed by atoms with Gasteiger partial charge >= 0.3 is 0 Å². The first-order valence-corrected chi connectivity index (χ1v) is 6.05. The summed E-state index contributed by atoms with van der Waals surface area (Å²) in [6.45, 7) is 1.77. The van der Waals surface area contributed by atoms with E-state index in [2.05, 4.69) is 4.98 Å². The van der Waals surface area contributed by atoms with Crippen molar-refractivity contribution in [2.24, 2.45) is 0 Å². The molecule has 0 saturated carbocycles. The standard InChI is InChI=1S/C11H11NO2S/c1-9-7-8-12-11(9)15(13,14)10-5-3-2-4-6-10/h2-8,12H,1H3. The third-order valence-corrected chi connectivity index (χ3v) is 4.10. The number of H-pyrrole nitrogens is 1. The summed E-state index contributed by atoms with van der Waals surface area (Å²) in [5, 5.41) is 0.272. The van der Waals surface area contributed by atoms with Crippen LogP contribution in [0.15, 0.2) is 52.5 Å². The van der Waals surface area contributed by atoms with Gasteiger partial charge in [-0.25, -0.2) is 8.42 Å². The highest BCUT2D eigenvalue weighted by molar-refractivity contribution is 7.91. The molecule has 15 heavy (non-hydrogen) atoms. The number of sulfone groups is 1. The Bertz CT molecular complexity index is 555. The van der Waals surface area contributed by atoms with Crippen LogP contribution in [-0.2, 0) is 9.84 Å². The highest BCUT2D eigenvalue weighted by atomic mass is 32.2. The molecule has 0 spiro atoms. The average Bonchev–Trinajstić information content (AvgIpc) is 2.66. The molecule has 1 aromatic carbocycles. The fourth-order valence-electron chi connectivity index (χ4n) is 1.44. The van der Waals surface area contributed by atoms with Crippen LogP contribution in [0.5, 0.6) is 0 Å². The highest BCUT2D eigenvalue weighted by Crippen LogP contribution is 2.21. The van der Waals surface area contributed by atoms with Crippen molar-refractivity contribution < 1.29 is 8.42 Å². The number of aryl methyl sites for hydroxylation is 1. The van der Waals surface area contributed by atoms with Gasteiger partial charge in [-0.2, -0.15) is 0 Å². The lowest BCUT2D eigenvalue weighted by molar-refractivity contribution is 0.592. The van der Waals surface area contributed by atoms with Crippen LogP contribution in [-0.4, -0.2) is 13.4 Å². The average molecular weight is 221 g/mol. The Hall–Kier alpha value is -1.55. The van der Waals surface area contributed by atoms with E-state index in [0.29, 0.717) is 4.90 Å². The second-order valence-electron chi connectivity index (χ2n) is 3.31. The van der Waals surface area contributed by atoms with E-state index in [-0.39, 0.29) is 5.03 Å². The summed E-state index contributed by atoms with van der Waals surface area (Å²) in [4.78, 5) is 3.07. The van der Waals surface area contributed by atoms with E-state index >= 15 is 0 Å². The lowest BCUT2D eigenvalue weighted by Crippen LogP contribution is -2.03. The number of benzene rings is 1. The van der Waals surface area contributed by atoms with Crippen LogP contribution in [0.25, 0.3) is 0 Å². The van der Waals surface area contributed by atoms with Crippen LogP contribution in [0.2, 0.25) is 0 Å². The van der Waals surface area contributed by atoms with Crippen molar-refractivity contribution in [1.82, 2.24) is 4.98 Å². The van der Waals surface area contributed by atoms with Crippen molar-refractivity contribution >= 4 is 9.84 Å². The summed E-state index contributed by atoms with van der Waals surface area (Å²) in [6, 6.07) is 10.2. The van der Waals surface area contributed by atoms with Gasteiger partial charge in [-0.15, -0.1) is 0 Å². The van der Waals surface area contributed by atoms with Crippen molar-refractivity contribution in [2.75, 3.05) is 0 Å². The maximum absolute atomic E-state index is 12.1. The van der Waals surface area contributed by atoms with Gasteiger partial charge in [0.1, 0.15) is 5.03 Å². The summed E-state index contributed by atoms with van der Waals surface area (Å²) >= 11 is 0. The summed E-state index contributed by atoms with van der Waals surface area (Å²) in [5.41, 5.74) is 0.735. The van der Waals surface area contributed by atoms with Gasteiger partial charge in [0.05, 0.1) is 4.90 Å². The first kappa shape index (κ1) is 9.98. The minimum Gasteiger partial charge on any atom is -0.352 e. The smallest absolute Gasteiger partial charge is 0.222 e. The van der Waals surface area contributed by atoms with Crippen LogP contribution >= 0.6 is 0 Å². The number of rotatable bonds is 2. The SMILES string of the molecule is Cc1cc[nH]c1S(=O)(=O)c1ccccc1. The molecule has 0 unspecified atom stereocenters. The number of aromatic amines is 1. The minimum absolute atomic E-state index is 0.272. The molecular formula is C11H11NO2S. The fourth-order valence-corrected chi connectivity index (χ4v) is 2.91. The highest BCUT2D eigenvalue weighted by Gasteiger charge is 2.19. The van der Waals surface area contributed by atoms with Crippen LogP contribution in [0.1, 0.15) is 5.56 Å². The topological polar surface area (TPSA) is 49.9 Å². The maximum atomic E-state index is 12.1. The van der Waals surface area contributed by atoms with Gasteiger partial charge in [0.2, 0.25) is 9.84 Å². The number of nitrogens with one attached hydrogen (secondary N) is 1. The molecule has 1 heterocycles. The molecule has 0 atom stereocenters. The Kier molecular flexibility index (Phi) is 2.36. The number of hydrogen-bond acceptors (Lipinski definition) is 2. The minimum atomic E-state index is -3.38. The Balaban J connectivity index is 2.60. The van der Waals surface area contributed by atoms with Crippen molar-refractivity contribution in [2.45, 2.75) is 16.8 Å². The first-order chi connectivity index (χ1) is 7.12. The first-order valence-electron chi connectivity index (χ1n) is 4.56. The van der Waals surface area contributed by atoms with Crippen LogP contribution in [0, 0.1) is 6.92 Å². The third kappa shape index (κ3) is 1.68. The van der Waals surface area contributed by atoms with Crippen LogP contribution in [0.4, 0.5) is 0 Å². The predicted octanol–water partition coefficient (Wildman–Crippen LogP) is 2.16. The molecule has 0 aliphatic carbocycles. The number of hydrogen-bond donors (Lipinski definition) is 1. The zero-order valence-electron chi connectivity index (χ0n) is 8.27. The molecule has 0 amide bonds. The van der Waals surface area contributed by atoms with Crippen molar-refractivity contribution in [3.63, 3.8) is 0 Å². The van der Waals surface area contributed by atoms with Crippen molar-refractivity contribution in [1.29, 1.82) is 0 Å². The zero-order valence-corrected chi connectivity index (χ0v) is 9.08. The van der Waals surface area contributed by atoms with E-state index < -0.39 is 9.84 Å². The molecule has 2 rings (SSSR count). The Morgan fingerprint density at radius 1 is 1.07 bits per heavy atom. The molecule has 78 valence electrons. The van der Waals surface area contributed by atoms with Gasteiger partial charge in [0, 0.05) is 6.20 Å². The second-order valence-corrected chi connectivity index (χ2v) is 5.19. The normalized spacial score (nSPS) is 11.5. The molecule has 4 heteroatoms. The molecule has 1 aromatic heterocycles. The molecule has 0 aliphatic heterocycles. The second kappa shape index (κ2) is 3.55. The molecule has 3 nitrogen and oxygen atoms in total. The molecule has 0 fully saturated rings. The Morgan fingerprint density at radius 2 is 1.73 bits per heavy atom. The van der Waals surface area contributed by atoms with Crippen molar-refractivity contribution in [3.05, 3.63) is 48.2 Å². The predicted molar refractivity (Wildman–Crippen MR) is 57.4 cm³/mol. The fraction of sp³-hybridized carbons (Fsp3) is 0.0909. The molecule has 1 N–H and O–H groups in total. The van der Waals surface area contributed by atoms with E-state index in [1.54, 1.807) is 49.5 Å². The maximum Gasteiger partial charge on any atom is 0.222 e. The van der Waals surface area contributed by atoms with E-state index in [0.717, 1.165) is 5.56 Å².